The van der Waals surface area contributed by atoms with Gasteiger partial charge in [-0.2, -0.15) is 0 Å². The zero-order valence-electron chi connectivity index (χ0n) is 10.2. The Hall–Kier alpha value is -2.24. The maximum atomic E-state index is 11.8. The lowest BCUT2D eigenvalue weighted by atomic mass is 10.1. The molecular weight excluding hydrogens is 236 g/mol. The normalized spacial score (nSPS) is 11.7. The van der Waals surface area contributed by atoms with E-state index >= 15 is 0 Å². The Morgan fingerprint density at radius 2 is 2.00 bits per heavy atom. The Morgan fingerprint density at radius 3 is 2.61 bits per heavy atom. The van der Waals surface area contributed by atoms with Gasteiger partial charge in [0.2, 0.25) is 5.91 Å². The predicted molar refractivity (Wildman–Crippen MR) is 65.4 cm³/mol. The monoisotopic (exact) mass is 252 g/mol. The number of likely N-dealkylation sites (N-methyl/N-ethyl adjacent to an activating group) is 1. The van der Waals surface area contributed by atoms with E-state index in [0.717, 1.165) is 0 Å². The number of phenolic OH excluding ortho intramolecular Hbond substituents is 2. The molecule has 0 aliphatic rings. The molecule has 0 aromatic heterocycles. The molecule has 18 heavy (non-hydrogen) atoms. The highest BCUT2D eigenvalue weighted by Gasteiger charge is 2.19. The first kappa shape index (κ1) is 13.8. The molecule has 2 amide bonds. The Balaban J connectivity index is 2.77. The molecular formula is C12H16N2O4. The van der Waals surface area contributed by atoms with Gasteiger partial charge in [0.15, 0.2) is 11.5 Å². The molecule has 98 valence electrons. The van der Waals surface area contributed by atoms with Crippen molar-refractivity contribution in [2.24, 2.45) is 0 Å². The van der Waals surface area contributed by atoms with Crippen LogP contribution in [0.15, 0.2) is 18.2 Å². The van der Waals surface area contributed by atoms with Crippen molar-refractivity contribution in [3.05, 3.63) is 23.8 Å². The standard InChI is InChI=1S/C12H16N2O4/c1-3-13-11(17)7(2)14-12(18)8-5-4-6-9(15)10(8)16/h4-7,15-16H,3H2,1-2H3,(H,13,17)(H,14,18). The molecule has 0 saturated carbocycles. The summed E-state index contributed by atoms with van der Waals surface area (Å²) in [5.74, 6) is -1.82. The zero-order chi connectivity index (χ0) is 13.7. The highest BCUT2D eigenvalue weighted by atomic mass is 16.3. The van der Waals surface area contributed by atoms with Crippen LogP contribution in [0.25, 0.3) is 0 Å². The van der Waals surface area contributed by atoms with Crippen LogP contribution in [-0.2, 0) is 4.79 Å². The van der Waals surface area contributed by atoms with Gasteiger partial charge in [0, 0.05) is 6.54 Å². The molecule has 6 nitrogen and oxygen atoms in total. The quantitative estimate of drug-likeness (QED) is 0.581. The molecule has 0 aliphatic heterocycles. The molecule has 0 heterocycles. The predicted octanol–water partition coefficient (Wildman–Crippen LogP) is 0.352. The summed E-state index contributed by atoms with van der Waals surface area (Å²) in [4.78, 5) is 23.2. The average Bonchev–Trinajstić information content (AvgIpc) is 2.32. The number of nitrogens with one attached hydrogen (secondary N) is 2. The van der Waals surface area contributed by atoms with Gasteiger partial charge in [-0.3, -0.25) is 9.59 Å². The number of hydrogen-bond acceptors (Lipinski definition) is 4. The summed E-state index contributed by atoms with van der Waals surface area (Å²) < 4.78 is 0. The number of amides is 2. The first-order valence-electron chi connectivity index (χ1n) is 5.56. The summed E-state index contributed by atoms with van der Waals surface area (Å²) in [6, 6.07) is 3.33. The van der Waals surface area contributed by atoms with Crippen molar-refractivity contribution in [1.29, 1.82) is 0 Å². The third kappa shape index (κ3) is 3.13. The van der Waals surface area contributed by atoms with Gasteiger partial charge >= 0.3 is 0 Å². The van der Waals surface area contributed by atoms with E-state index in [1.165, 1.54) is 25.1 Å². The van der Waals surface area contributed by atoms with E-state index in [4.69, 9.17) is 0 Å². The molecule has 1 aromatic rings. The summed E-state index contributed by atoms with van der Waals surface area (Å²) in [7, 11) is 0. The molecule has 0 fully saturated rings. The van der Waals surface area contributed by atoms with Gasteiger partial charge < -0.3 is 20.8 Å². The Morgan fingerprint density at radius 1 is 1.33 bits per heavy atom. The lowest BCUT2D eigenvalue weighted by Crippen LogP contribution is -2.44. The van der Waals surface area contributed by atoms with E-state index in [1.54, 1.807) is 6.92 Å². The summed E-state index contributed by atoms with van der Waals surface area (Å²) in [5.41, 5.74) is -0.0776. The SMILES string of the molecule is CCNC(=O)C(C)NC(=O)c1cccc(O)c1O. The fourth-order valence-corrected chi connectivity index (χ4v) is 1.38. The molecule has 1 aromatic carbocycles. The van der Waals surface area contributed by atoms with Crippen LogP contribution in [-0.4, -0.2) is 34.6 Å². The molecule has 0 bridgehead atoms. The van der Waals surface area contributed by atoms with Crippen LogP contribution in [0.3, 0.4) is 0 Å². The first-order valence-corrected chi connectivity index (χ1v) is 5.56. The maximum Gasteiger partial charge on any atom is 0.255 e. The van der Waals surface area contributed by atoms with Crippen LogP contribution >= 0.6 is 0 Å². The topological polar surface area (TPSA) is 98.7 Å². The summed E-state index contributed by atoms with van der Waals surface area (Å²) in [5, 5.41) is 23.8. The molecule has 0 spiro atoms. The fraction of sp³-hybridized carbons (Fsp3) is 0.333. The highest BCUT2D eigenvalue weighted by Crippen LogP contribution is 2.27. The second kappa shape index (κ2) is 5.90. The fourth-order valence-electron chi connectivity index (χ4n) is 1.38. The number of carbonyl (C=O) groups excluding carboxylic acids is 2. The minimum atomic E-state index is -0.723. The number of rotatable bonds is 4. The van der Waals surface area contributed by atoms with Gasteiger partial charge in [0.25, 0.3) is 5.91 Å². The van der Waals surface area contributed by atoms with Gasteiger partial charge in [-0.15, -0.1) is 0 Å². The van der Waals surface area contributed by atoms with Crippen molar-refractivity contribution in [2.75, 3.05) is 6.54 Å². The Kier molecular flexibility index (Phi) is 4.53. The van der Waals surface area contributed by atoms with E-state index in [-0.39, 0.29) is 17.2 Å². The molecule has 4 N–H and O–H groups in total. The van der Waals surface area contributed by atoms with E-state index in [9.17, 15) is 19.8 Å². The third-order valence-electron chi connectivity index (χ3n) is 2.35. The van der Waals surface area contributed by atoms with Crippen LogP contribution in [0.4, 0.5) is 0 Å². The number of aromatic hydroxyl groups is 2. The van der Waals surface area contributed by atoms with Gasteiger partial charge in [-0.1, -0.05) is 6.07 Å². The third-order valence-corrected chi connectivity index (χ3v) is 2.35. The van der Waals surface area contributed by atoms with Crippen LogP contribution in [0.5, 0.6) is 11.5 Å². The number of benzene rings is 1. The maximum absolute atomic E-state index is 11.8. The molecule has 6 heteroatoms. The van der Waals surface area contributed by atoms with Crippen molar-refractivity contribution < 1.29 is 19.8 Å². The summed E-state index contributed by atoms with van der Waals surface area (Å²) in [6.45, 7) is 3.77. The highest BCUT2D eigenvalue weighted by molar-refractivity contribution is 6.00. The molecule has 0 saturated heterocycles. The summed E-state index contributed by atoms with van der Waals surface area (Å²) in [6.07, 6.45) is 0. The van der Waals surface area contributed by atoms with Crippen LogP contribution in [0.1, 0.15) is 24.2 Å². The van der Waals surface area contributed by atoms with Crippen molar-refractivity contribution in [3.63, 3.8) is 0 Å². The number of para-hydroxylation sites is 1. The van der Waals surface area contributed by atoms with Crippen LogP contribution in [0.2, 0.25) is 0 Å². The number of carbonyl (C=O) groups is 2. The van der Waals surface area contributed by atoms with Gasteiger partial charge in [-0.25, -0.2) is 0 Å². The molecule has 1 unspecified atom stereocenters. The number of phenols is 2. The van der Waals surface area contributed by atoms with E-state index < -0.39 is 17.7 Å². The van der Waals surface area contributed by atoms with Gasteiger partial charge in [-0.05, 0) is 26.0 Å². The largest absolute Gasteiger partial charge is 0.504 e. The smallest absolute Gasteiger partial charge is 0.255 e. The van der Waals surface area contributed by atoms with E-state index in [1.807, 2.05) is 0 Å². The molecule has 1 rings (SSSR count). The Labute approximate surface area is 105 Å². The summed E-state index contributed by atoms with van der Waals surface area (Å²) >= 11 is 0. The lowest BCUT2D eigenvalue weighted by molar-refractivity contribution is -0.122. The second-order valence-electron chi connectivity index (χ2n) is 3.76. The van der Waals surface area contributed by atoms with Crippen LogP contribution in [0, 0.1) is 0 Å². The minimum absolute atomic E-state index is 0.0776. The first-order chi connectivity index (χ1) is 8.47. The van der Waals surface area contributed by atoms with E-state index in [0.29, 0.717) is 6.54 Å². The van der Waals surface area contributed by atoms with E-state index in [2.05, 4.69) is 10.6 Å². The van der Waals surface area contributed by atoms with Crippen molar-refractivity contribution in [1.82, 2.24) is 10.6 Å². The molecule has 0 radical (unpaired) electrons. The van der Waals surface area contributed by atoms with Crippen molar-refractivity contribution in [3.8, 4) is 11.5 Å². The molecule has 1 atom stereocenters. The van der Waals surface area contributed by atoms with Gasteiger partial charge in [0.1, 0.15) is 6.04 Å². The minimum Gasteiger partial charge on any atom is -0.504 e. The van der Waals surface area contributed by atoms with Crippen molar-refractivity contribution >= 4 is 11.8 Å². The lowest BCUT2D eigenvalue weighted by Gasteiger charge is -2.14. The van der Waals surface area contributed by atoms with Crippen molar-refractivity contribution in [2.45, 2.75) is 19.9 Å². The number of hydrogen-bond donors (Lipinski definition) is 4. The van der Waals surface area contributed by atoms with Crippen LogP contribution < -0.4 is 10.6 Å². The van der Waals surface area contributed by atoms with Gasteiger partial charge in [0.05, 0.1) is 5.56 Å². The Bertz CT molecular complexity index is 459. The molecule has 0 aliphatic carbocycles. The average molecular weight is 252 g/mol. The zero-order valence-corrected chi connectivity index (χ0v) is 10.2. The second-order valence-corrected chi connectivity index (χ2v) is 3.76.